The number of nitrogens with zero attached hydrogens (tertiary/aromatic N) is 4. The standard InChI is InChI=1S/C19H14F6N6O2/c1-8(2)28-17(33)31-15-12(7-27-31)14-13(6-26-15)16(32)30(29-14)11-4-9(18(20,21)22)3-10(5-11)19(23,24)25/h3-8,26H,1-2H3,(H,28,33). The van der Waals surface area contributed by atoms with E-state index in [-0.39, 0.29) is 34.4 Å². The minimum Gasteiger partial charge on any atom is -0.345 e. The molecule has 174 valence electrons. The Balaban J connectivity index is 1.93. The number of amides is 1. The minimum absolute atomic E-state index is 0.0411. The van der Waals surface area contributed by atoms with Crippen LogP contribution in [-0.2, 0) is 12.4 Å². The molecule has 2 aromatic rings. The molecule has 1 aromatic carbocycles. The number of pyridine rings is 1. The van der Waals surface area contributed by atoms with Crippen LogP contribution in [0.15, 0.2) is 35.4 Å². The second-order valence-electron chi connectivity index (χ2n) is 7.45. The van der Waals surface area contributed by atoms with E-state index in [0.717, 1.165) is 10.9 Å². The molecule has 1 amide bonds. The predicted octanol–water partition coefficient (Wildman–Crippen LogP) is 4.02. The highest BCUT2D eigenvalue weighted by Crippen LogP contribution is 2.37. The molecule has 0 fully saturated rings. The number of nitrogens with one attached hydrogen (secondary N) is 2. The number of hydrogen-bond acceptors (Lipinski definition) is 4. The van der Waals surface area contributed by atoms with Gasteiger partial charge in [0.1, 0.15) is 11.3 Å². The van der Waals surface area contributed by atoms with E-state index in [1.54, 1.807) is 13.8 Å². The van der Waals surface area contributed by atoms with Crippen molar-refractivity contribution in [3.05, 3.63) is 52.1 Å². The molecule has 8 nitrogen and oxygen atoms in total. The van der Waals surface area contributed by atoms with Gasteiger partial charge in [0.2, 0.25) is 0 Å². The number of fused-ring (bicyclic) bond motifs is 3. The molecule has 0 atom stereocenters. The third kappa shape index (κ3) is 3.91. The van der Waals surface area contributed by atoms with Crippen LogP contribution in [0.4, 0.5) is 31.1 Å². The van der Waals surface area contributed by atoms with Gasteiger partial charge in [-0.15, -0.1) is 0 Å². The highest BCUT2D eigenvalue weighted by molar-refractivity contribution is 5.95. The molecule has 0 unspecified atom stereocenters. The van der Waals surface area contributed by atoms with Crippen LogP contribution in [0.5, 0.6) is 0 Å². The minimum atomic E-state index is -5.09. The summed E-state index contributed by atoms with van der Waals surface area (Å²) in [5.74, 6) is 0. The largest absolute Gasteiger partial charge is 0.416 e. The highest BCUT2D eigenvalue weighted by Gasteiger charge is 2.37. The summed E-state index contributed by atoms with van der Waals surface area (Å²) in [6.07, 6.45) is -7.81. The summed E-state index contributed by atoms with van der Waals surface area (Å²) in [7, 11) is 0. The smallest absolute Gasteiger partial charge is 0.345 e. The van der Waals surface area contributed by atoms with Crippen molar-refractivity contribution in [3.63, 3.8) is 0 Å². The lowest BCUT2D eigenvalue weighted by atomic mass is 10.1. The second kappa shape index (κ2) is 7.35. The average molecular weight is 472 g/mol. The molecule has 0 spiro atoms. The van der Waals surface area contributed by atoms with E-state index in [0.29, 0.717) is 16.8 Å². The zero-order valence-electron chi connectivity index (χ0n) is 16.8. The molecule has 2 aliphatic heterocycles. The Morgan fingerprint density at radius 2 is 1.67 bits per heavy atom. The van der Waals surface area contributed by atoms with Gasteiger partial charge in [0.05, 0.1) is 34.0 Å². The Morgan fingerprint density at radius 1 is 1.06 bits per heavy atom. The van der Waals surface area contributed by atoms with Crippen molar-refractivity contribution < 1.29 is 31.1 Å². The summed E-state index contributed by atoms with van der Waals surface area (Å²) >= 11 is 0. The molecule has 0 radical (unpaired) electrons. The Bertz CT molecular complexity index is 1360. The van der Waals surface area contributed by atoms with Crippen LogP contribution in [0.1, 0.15) is 25.0 Å². The molecule has 2 aliphatic rings. The summed E-state index contributed by atoms with van der Waals surface area (Å²) < 4.78 is 80.6. The summed E-state index contributed by atoms with van der Waals surface area (Å²) in [6, 6.07) is -0.0337. The predicted molar refractivity (Wildman–Crippen MR) is 103 cm³/mol. The number of H-pyrrole nitrogens is 1. The van der Waals surface area contributed by atoms with Gasteiger partial charge in [0.25, 0.3) is 5.56 Å². The lowest BCUT2D eigenvalue weighted by Crippen LogP contribution is -2.34. The third-order valence-corrected chi connectivity index (χ3v) is 4.68. The normalized spacial score (nSPS) is 12.8. The first-order valence-corrected chi connectivity index (χ1v) is 9.36. The number of aromatic amines is 1. The van der Waals surface area contributed by atoms with Gasteiger partial charge >= 0.3 is 18.4 Å². The first kappa shape index (κ1) is 22.4. The summed E-state index contributed by atoms with van der Waals surface area (Å²) in [5, 5.41) is 10.7. The fraction of sp³-hybridized carbons (Fsp3) is 0.263. The molecule has 4 rings (SSSR count). The molecular weight excluding hydrogens is 458 g/mol. The van der Waals surface area contributed by atoms with Crippen LogP contribution in [0, 0.1) is 0 Å². The number of halogens is 6. The van der Waals surface area contributed by atoms with E-state index < -0.39 is 40.8 Å². The highest BCUT2D eigenvalue weighted by atomic mass is 19.4. The van der Waals surface area contributed by atoms with Crippen molar-refractivity contribution >= 4 is 17.1 Å². The molecule has 0 aliphatic carbocycles. The molecule has 0 bridgehead atoms. The lowest BCUT2D eigenvalue weighted by Gasteiger charge is -2.13. The van der Waals surface area contributed by atoms with Gasteiger partial charge in [-0.05, 0) is 32.0 Å². The van der Waals surface area contributed by atoms with Crippen molar-refractivity contribution in [1.82, 2.24) is 29.9 Å². The van der Waals surface area contributed by atoms with Crippen LogP contribution in [-0.4, -0.2) is 36.6 Å². The summed E-state index contributed by atoms with van der Waals surface area (Å²) in [4.78, 5) is 27.8. The monoisotopic (exact) mass is 472 g/mol. The topological polar surface area (TPSA) is 97.6 Å². The van der Waals surface area contributed by atoms with Crippen LogP contribution in [0.2, 0.25) is 0 Å². The molecule has 2 N–H and O–H groups in total. The van der Waals surface area contributed by atoms with Crippen molar-refractivity contribution in [1.29, 1.82) is 0 Å². The fourth-order valence-electron chi connectivity index (χ4n) is 3.24. The SMILES string of the molecule is CC(C)NC(=O)n1ncc2c3nn(-c4cc(C(F)(F)F)cc(C(F)(F)F)c4)c(=O)c-3c[nH]c21. The average Bonchev–Trinajstić information content (AvgIpc) is 3.27. The van der Waals surface area contributed by atoms with Crippen LogP contribution in [0.3, 0.4) is 0 Å². The summed E-state index contributed by atoms with van der Waals surface area (Å²) in [5.41, 5.74) is -4.86. The van der Waals surface area contributed by atoms with E-state index >= 15 is 0 Å². The van der Waals surface area contributed by atoms with Crippen LogP contribution in [0.25, 0.3) is 28.0 Å². The number of hydrogen-bond donors (Lipinski definition) is 2. The van der Waals surface area contributed by atoms with Gasteiger partial charge in [-0.3, -0.25) is 4.79 Å². The number of carbonyl (C=O) groups is 1. The van der Waals surface area contributed by atoms with Crippen molar-refractivity contribution in [2.45, 2.75) is 32.2 Å². The van der Waals surface area contributed by atoms with Gasteiger partial charge in [0.15, 0.2) is 0 Å². The Kier molecular flexibility index (Phi) is 4.98. The quantitative estimate of drug-likeness (QED) is 0.431. The number of alkyl halides is 6. The molecule has 0 saturated carbocycles. The van der Waals surface area contributed by atoms with E-state index in [1.807, 2.05) is 0 Å². The maximum atomic E-state index is 13.2. The van der Waals surface area contributed by atoms with E-state index in [4.69, 9.17) is 0 Å². The molecule has 1 aromatic heterocycles. The molecular formula is C19H14F6N6O2. The molecule has 33 heavy (non-hydrogen) atoms. The Morgan fingerprint density at radius 3 is 2.21 bits per heavy atom. The number of benzene rings is 1. The van der Waals surface area contributed by atoms with Gasteiger partial charge in [-0.25, -0.2) is 4.79 Å². The third-order valence-electron chi connectivity index (χ3n) is 4.68. The zero-order chi connectivity index (χ0) is 24.3. The number of carbonyl (C=O) groups excluding carboxylic acids is 1. The molecule has 3 heterocycles. The van der Waals surface area contributed by atoms with Crippen LogP contribution >= 0.6 is 0 Å². The maximum Gasteiger partial charge on any atom is 0.416 e. The van der Waals surface area contributed by atoms with E-state index in [1.165, 1.54) is 6.20 Å². The van der Waals surface area contributed by atoms with Crippen molar-refractivity contribution in [3.8, 4) is 16.9 Å². The van der Waals surface area contributed by atoms with E-state index in [2.05, 4.69) is 20.5 Å². The van der Waals surface area contributed by atoms with Crippen molar-refractivity contribution in [2.75, 3.05) is 0 Å². The first-order chi connectivity index (χ1) is 15.3. The Hall–Kier alpha value is -3.84. The Labute approximate surface area is 180 Å². The van der Waals surface area contributed by atoms with E-state index in [9.17, 15) is 35.9 Å². The van der Waals surface area contributed by atoms with Crippen LogP contribution < -0.4 is 10.9 Å². The number of rotatable bonds is 2. The van der Waals surface area contributed by atoms with Gasteiger partial charge in [-0.1, -0.05) is 0 Å². The number of aromatic nitrogens is 5. The molecule has 0 saturated heterocycles. The first-order valence-electron chi connectivity index (χ1n) is 9.36. The molecule has 14 heteroatoms. The van der Waals surface area contributed by atoms with Gasteiger partial charge in [-0.2, -0.15) is 45.9 Å². The maximum absolute atomic E-state index is 13.2. The fourth-order valence-corrected chi connectivity index (χ4v) is 3.24. The zero-order valence-corrected chi connectivity index (χ0v) is 16.8. The van der Waals surface area contributed by atoms with Gasteiger partial charge < -0.3 is 10.3 Å². The van der Waals surface area contributed by atoms with Crippen molar-refractivity contribution in [2.24, 2.45) is 0 Å². The van der Waals surface area contributed by atoms with Gasteiger partial charge in [0, 0.05) is 12.2 Å². The second-order valence-corrected chi connectivity index (χ2v) is 7.45. The lowest BCUT2D eigenvalue weighted by molar-refractivity contribution is -0.143. The summed E-state index contributed by atoms with van der Waals surface area (Å²) in [6.45, 7) is 3.45.